The molecule has 1 amide bonds. The van der Waals surface area contributed by atoms with E-state index < -0.39 is 6.10 Å². The van der Waals surface area contributed by atoms with Crippen molar-refractivity contribution in [2.45, 2.75) is 51.2 Å². The Morgan fingerprint density at radius 3 is 2.45 bits per heavy atom. The Hall–Kier alpha value is -0.780. The summed E-state index contributed by atoms with van der Waals surface area (Å²) in [5.74, 6) is 0.832. The zero-order valence-electron chi connectivity index (χ0n) is 12.1. The van der Waals surface area contributed by atoms with E-state index in [2.05, 4.69) is 22.6 Å². The molecule has 0 heterocycles. The van der Waals surface area contributed by atoms with E-state index in [0.29, 0.717) is 6.04 Å². The quantitative estimate of drug-likeness (QED) is 0.735. The molecule has 1 aromatic rings. The van der Waals surface area contributed by atoms with E-state index in [0.717, 1.165) is 22.2 Å². The molecule has 1 unspecified atom stereocenters. The molecule has 20 heavy (non-hydrogen) atoms. The van der Waals surface area contributed by atoms with Crippen molar-refractivity contribution in [1.29, 1.82) is 0 Å². The molecule has 0 aromatic heterocycles. The first-order valence-electron chi connectivity index (χ1n) is 7.27. The number of carbonyl (C=O) groups is 1. The number of halogens is 1. The van der Waals surface area contributed by atoms with Gasteiger partial charge in [0.15, 0.2) is 6.10 Å². The topological polar surface area (TPSA) is 29.5 Å². The van der Waals surface area contributed by atoms with Crippen molar-refractivity contribution >= 4 is 28.5 Å². The largest absolute Gasteiger partial charge is 0.481 e. The second kappa shape index (κ2) is 7.29. The number of benzene rings is 1. The van der Waals surface area contributed by atoms with E-state index >= 15 is 0 Å². The molecule has 0 saturated heterocycles. The molecule has 1 saturated carbocycles. The highest BCUT2D eigenvalue weighted by molar-refractivity contribution is 14.1. The zero-order valence-corrected chi connectivity index (χ0v) is 14.3. The maximum Gasteiger partial charge on any atom is 0.263 e. The third-order valence-electron chi connectivity index (χ3n) is 3.94. The van der Waals surface area contributed by atoms with Crippen molar-refractivity contribution in [3.05, 3.63) is 27.8 Å². The molecule has 4 heteroatoms. The van der Waals surface area contributed by atoms with Gasteiger partial charge in [-0.25, -0.2) is 0 Å². The van der Waals surface area contributed by atoms with Crippen molar-refractivity contribution in [2.24, 2.45) is 0 Å². The minimum Gasteiger partial charge on any atom is -0.481 e. The van der Waals surface area contributed by atoms with Crippen LogP contribution in [0.2, 0.25) is 0 Å². The van der Waals surface area contributed by atoms with E-state index in [9.17, 15) is 4.79 Å². The Bertz CT molecular complexity index is 440. The number of nitrogens with zero attached hydrogens (tertiary/aromatic N) is 1. The average Bonchev–Trinajstić information content (AvgIpc) is 2.49. The molecule has 0 spiro atoms. The molecular formula is C16H22INO2. The Morgan fingerprint density at radius 2 is 1.85 bits per heavy atom. The maximum atomic E-state index is 12.4. The van der Waals surface area contributed by atoms with Gasteiger partial charge in [-0.15, -0.1) is 0 Å². The van der Waals surface area contributed by atoms with Crippen LogP contribution < -0.4 is 4.74 Å². The van der Waals surface area contributed by atoms with Gasteiger partial charge in [0.05, 0.1) is 0 Å². The Morgan fingerprint density at radius 1 is 1.25 bits per heavy atom. The number of carbonyl (C=O) groups excluding carboxylic acids is 1. The molecule has 0 aliphatic heterocycles. The average molecular weight is 387 g/mol. The SMILES string of the molecule is CC(Oc1ccc(I)cc1)C(=O)N(C)C1CCCCC1. The summed E-state index contributed by atoms with van der Waals surface area (Å²) < 4.78 is 6.91. The molecule has 1 aromatic carbocycles. The maximum absolute atomic E-state index is 12.4. The number of rotatable bonds is 4. The Labute approximate surface area is 134 Å². The molecule has 1 aliphatic rings. The molecule has 2 rings (SSSR count). The molecule has 0 N–H and O–H groups in total. The van der Waals surface area contributed by atoms with Crippen molar-refractivity contribution in [3.63, 3.8) is 0 Å². The van der Waals surface area contributed by atoms with Gasteiger partial charge in [-0.1, -0.05) is 19.3 Å². The lowest BCUT2D eigenvalue weighted by Gasteiger charge is -2.32. The molecule has 1 atom stereocenters. The molecule has 3 nitrogen and oxygen atoms in total. The number of hydrogen-bond donors (Lipinski definition) is 0. The fraction of sp³-hybridized carbons (Fsp3) is 0.562. The lowest BCUT2D eigenvalue weighted by Crippen LogP contribution is -2.44. The summed E-state index contributed by atoms with van der Waals surface area (Å²) in [6.07, 6.45) is 5.58. The summed E-state index contributed by atoms with van der Waals surface area (Å²) in [4.78, 5) is 14.3. The van der Waals surface area contributed by atoms with Gasteiger partial charge < -0.3 is 9.64 Å². The highest BCUT2D eigenvalue weighted by atomic mass is 127. The van der Waals surface area contributed by atoms with Crippen LogP contribution in [-0.4, -0.2) is 30.0 Å². The van der Waals surface area contributed by atoms with Crippen LogP contribution >= 0.6 is 22.6 Å². The van der Waals surface area contributed by atoms with Gasteiger partial charge in [0.2, 0.25) is 0 Å². The summed E-state index contributed by atoms with van der Waals surface area (Å²) in [6, 6.07) is 8.17. The standard InChI is InChI=1S/C16H22INO2/c1-12(20-15-10-8-13(17)9-11-15)16(19)18(2)14-6-4-3-5-7-14/h8-12,14H,3-7H2,1-2H3. The molecule has 110 valence electrons. The van der Waals surface area contributed by atoms with Crippen LogP contribution in [0.5, 0.6) is 5.75 Å². The van der Waals surface area contributed by atoms with Crippen LogP contribution in [0.25, 0.3) is 0 Å². The third kappa shape index (κ3) is 4.11. The zero-order chi connectivity index (χ0) is 14.5. The van der Waals surface area contributed by atoms with Gasteiger partial charge in [0, 0.05) is 16.7 Å². The summed E-state index contributed by atoms with van der Waals surface area (Å²) in [7, 11) is 1.91. The first kappa shape index (κ1) is 15.6. The second-order valence-electron chi connectivity index (χ2n) is 5.45. The number of ether oxygens (including phenoxy) is 1. The van der Waals surface area contributed by atoms with E-state index in [1.807, 2.05) is 43.1 Å². The number of likely N-dealkylation sites (N-methyl/N-ethyl adjacent to an activating group) is 1. The predicted octanol–water partition coefficient (Wildman–Crippen LogP) is 3.85. The molecule has 1 fully saturated rings. The summed E-state index contributed by atoms with van der Waals surface area (Å²) in [6.45, 7) is 1.83. The third-order valence-corrected chi connectivity index (χ3v) is 4.66. The van der Waals surface area contributed by atoms with Gasteiger partial charge in [-0.3, -0.25) is 4.79 Å². The summed E-state index contributed by atoms with van der Waals surface area (Å²) in [5.41, 5.74) is 0. The highest BCUT2D eigenvalue weighted by Crippen LogP contribution is 2.23. The smallest absolute Gasteiger partial charge is 0.263 e. The van der Waals surface area contributed by atoms with Crippen molar-refractivity contribution < 1.29 is 9.53 Å². The Kier molecular flexibility index (Phi) is 5.69. The van der Waals surface area contributed by atoms with Gasteiger partial charge in [-0.2, -0.15) is 0 Å². The summed E-state index contributed by atoms with van der Waals surface area (Å²) >= 11 is 2.25. The first-order valence-corrected chi connectivity index (χ1v) is 8.34. The lowest BCUT2D eigenvalue weighted by molar-refractivity contribution is -0.139. The lowest BCUT2D eigenvalue weighted by atomic mass is 9.94. The van der Waals surface area contributed by atoms with Crippen LogP contribution in [0.4, 0.5) is 0 Å². The van der Waals surface area contributed by atoms with Gasteiger partial charge in [0.1, 0.15) is 5.75 Å². The highest BCUT2D eigenvalue weighted by Gasteiger charge is 2.26. The van der Waals surface area contributed by atoms with Crippen LogP contribution in [0.3, 0.4) is 0 Å². The minimum atomic E-state index is -0.429. The van der Waals surface area contributed by atoms with Crippen LogP contribution in [-0.2, 0) is 4.79 Å². The van der Waals surface area contributed by atoms with Crippen molar-refractivity contribution in [1.82, 2.24) is 4.90 Å². The molecule has 1 aliphatic carbocycles. The van der Waals surface area contributed by atoms with Crippen molar-refractivity contribution in [2.75, 3.05) is 7.05 Å². The number of amides is 1. The van der Waals surface area contributed by atoms with Crippen LogP contribution in [0, 0.1) is 3.57 Å². The van der Waals surface area contributed by atoms with Crippen LogP contribution in [0.1, 0.15) is 39.0 Å². The summed E-state index contributed by atoms with van der Waals surface area (Å²) in [5, 5.41) is 0. The molecule has 0 radical (unpaired) electrons. The fourth-order valence-corrected chi connectivity index (χ4v) is 3.06. The molecule has 0 bridgehead atoms. The van der Waals surface area contributed by atoms with Gasteiger partial charge >= 0.3 is 0 Å². The van der Waals surface area contributed by atoms with Gasteiger partial charge in [0.25, 0.3) is 5.91 Å². The minimum absolute atomic E-state index is 0.0791. The Balaban J connectivity index is 1.92. The van der Waals surface area contributed by atoms with E-state index in [4.69, 9.17) is 4.74 Å². The van der Waals surface area contributed by atoms with E-state index in [-0.39, 0.29) is 5.91 Å². The fourth-order valence-electron chi connectivity index (χ4n) is 2.70. The van der Waals surface area contributed by atoms with E-state index in [1.165, 1.54) is 19.3 Å². The van der Waals surface area contributed by atoms with Crippen molar-refractivity contribution in [3.8, 4) is 5.75 Å². The second-order valence-corrected chi connectivity index (χ2v) is 6.70. The normalized spacial score (nSPS) is 17.6. The molecular weight excluding hydrogens is 365 g/mol. The predicted molar refractivity (Wildman–Crippen MR) is 88.9 cm³/mol. The number of hydrogen-bond acceptors (Lipinski definition) is 2. The first-order chi connectivity index (χ1) is 9.58. The van der Waals surface area contributed by atoms with E-state index in [1.54, 1.807) is 0 Å². The van der Waals surface area contributed by atoms with Crippen LogP contribution in [0.15, 0.2) is 24.3 Å². The monoisotopic (exact) mass is 387 g/mol. The van der Waals surface area contributed by atoms with Gasteiger partial charge in [-0.05, 0) is 66.6 Å².